The lowest BCUT2D eigenvalue weighted by atomic mass is 10.0. The first-order valence-corrected chi connectivity index (χ1v) is 5.60. The number of aliphatic hydroxyl groups excluding tert-OH is 1. The molecule has 1 atom stereocenters. The van der Waals surface area contributed by atoms with Crippen molar-refractivity contribution in [3.63, 3.8) is 0 Å². The Morgan fingerprint density at radius 1 is 1.40 bits per heavy atom. The SMILES string of the molecule is NC(=O)CCCC(O)c1ccc(Br)cc1. The van der Waals surface area contributed by atoms with Crippen LogP contribution in [0.1, 0.15) is 30.9 Å². The normalized spacial score (nSPS) is 12.4. The lowest BCUT2D eigenvalue weighted by Crippen LogP contribution is -2.10. The van der Waals surface area contributed by atoms with E-state index >= 15 is 0 Å². The molecule has 0 radical (unpaired) electrons. The van der Waals surface area contributed by atoms with Gasteiger partial charge in [0, 0.05) is 10.9 Å². The number of hydrogen-bond acceptors (Lipinski definition) is 2. The van der Waals surface area contributed by atoms with Gasteiger partial charge in [0.2, 0.25) is 5.91 Å². The molecule has 3 nitrogen and oxygen atoms in total. The molecule has 1 amide bonds. The molecule has 0 spiro atoms. The van der Waals surface area contributed by atoms with E-state index in [-0.39, 0.29) is 5.91 Å². The summed E-state index contributed by atoms with van der Waals surface area (Å²) in [6.45, 7) is 0. The first kappa shape index (κ1) is 12.2. The van der Waals surface area contributed by atoms with Crippen molar-refractivity contribution in [2.45, 2.75) is 25.4 Å². The minimum absolute atomic E-state index is 0.321. The van der Waals surface area contributed by atoms with Crippen molar-refractivity contribution in [2.24, 2.45) is 5.73 Å². The predicted octanol–water partition coefficient (Wildman–Crippen LogP) is 2.14. The maximum absolute atomic E-state index is 10.5. The Balaban J connectivity index is 2.43. The molecule has 3 N–H and O–H groups in total. The molecule has 4 heteroatoms. The Labute approximate surface area is 97.4 Å². The fourth-order valence-electron chi connectivity index (χ4n) is 1.32. The second-order valence-corrected chi connectivity index (χ2v) is 4.34. The molecule has 0 heterocycles. The van der Waals surface area contributed by atoms with E-state index in [1.54, 1.807) is 0 Å². The van der Waals surface area contributed by atoms with E-state index in [0.717, 1.165) is 10.0 Å². The zero-order chi connectivity index (χ0) is 11.3. The zero-order valence-electron chi connectivity index (χ0n) is 8.32. The van der Waals surface area contributed by atoms with Crippen molar-refractivity contribution in [3.8, 4) is 0 Å². The number of benzene rings is 1. The summed E-state index contributed by atoms with van der Waals surface area (Å²) in [5, 5.41) is 9.76. The summed E-state index contributed by atoms with van der Waals surface area (Å²) in [5.74, 6) is -0.321. The summed E-state index contributed by atoms with van der Waals surface area (Å²) in [6, 6.07) is 7.48. The molecular formula is C11H14BrNO2. The Hall–Kier alpha value is -0.870. The van der Waals surface area contributed by atoms with Crippen LogP contribution in [0, 0.1) is 0 Å². The van der Waals surface area contributed by atoms with Crippen LogP contribution in [0.25, 0.3) is 0 Å². The smallest absolute Gasteiger partial charge is 0.217 e. The number of primary amides is 1. The zero-order valence-corrected chi connectivity index (χ0v) is 9.90. The van der Waals surface area contributed by atoms with Gasteiger partial charge in [-0.25, -0.2) is 0 Å². The molecule has 0 bridgehead atoms. The lowest BCUT2D eigenvalue weighted by molar-refractivity contribution is -0.118. The van der Waals surface area contributed by atoms with Gasteiger partial charge in [0.25, 0.3) is 0 Å². The molecular weight excluding hydrogens is 258 g/mol. The third kappa shape index (κ3) is 4.44. The Morgan fingerprint density at radius 3 is 2.53 bits per heavy atom. The summed E-state index contributed by atoms with van der Waals surface area (Å²) in [6.07, 6.45) is 0.988. The highest BCUT2D eigenvalue weighted by Crippen LogP contribution is 2.20. The number of halogens is 1. The number of amides is 1. The summed E-state index contributed by atoms with van der Waals surface area (Å²) >= 11 is 3.32. The van der Waals surface area contributed by atoms with E-state index in [1.807, 2.05) is 24.3 Å². The Morgan fingerprint density at radius 2 is 2.00 bits per heavy atom. The molecule has 1 unspecified atom stereocenters. The van der Waals surface area contributed by atoms with Gasteiger partial charge in [-0.15, -0.1) is 0 Å². The molecule has 1 rings (SSSR count). The highest BCUT2D eigenvalue weighted by Gasteiger charge is 2.07. The minimum Gasteiger partial charge on any atom is -0.388 e. The van der Waals surface area contributed by atoms with Gasteiger partial charge in [-0.2, -0.15) is 0 Å². The van der Waals surface area contributed by atoms with Crippen molar-refractivity contribution >= 4 is 21.8 Å². The average molecular weight is 272 g/mol. The maximum atomic E-state index is 10.5. The second-order valence-electron chi connectivity index (χ2n) is 3.43. The van der Waals surface area contributed by atoms with Gasteiger partial charge in [0.1, 0.15) is 0 Å². The second kappa shape index (κ2) is 5.88. The average Bonchev–Trinajstić information content (AvgIpc) is 2.18. The van der Waals surface area contributed by atoms with Crippen molar-refractivity contribution < 1.29 is 9.90 Å². The Kier molecular flexibility index (Phi) is 4.78. The van der Waals surface area contributed by atoms with Gasteiger partial charge in [-0.05, 0) is 30.5 Å². The van der Waals surface area contributed by atoms with Crippen molar-refractivity contribution in [3.05, 3.63) is 34.3 Å². The molecule has 1 aromatic carbocycles. The molecule has 0 aliphatic rings. The van der Waals surface area contributed by atoms with Crippen LogP contribution in [0.5, 0.6) is 0 Å². The van der Waals surface area contributed by atoms with Crippen molar-refractivity contribution in [1.29, 1.82) is 0 Å². The highest BCUT2D eigenvalue weighted by molar-refractivity contribution is 9.10. The first-order valence-electron chi connectivity index (χ1n) is 4.81. The van der Waals surface area contributed by atoms with Gasteiger partial charge >= 0.3 is 0 Å². The quantitative estimate of drug-likeness (QED) is 0.862. The van der Waals surface area contributed by atoms with E-state index < -0.39 is 6.10 Å². The third-order valence-corrected chi connectivity index (χ3v) is 2.68. The topological polar surface area (TPSA) is 63.3 Å². The molecule has 1 aromatic rings. The van der Waals surface area contributed by atoms with E-state index in [4.69, 9.17) is 5.73 Å². The van der Waals surface area contributed by atoms with Gasteiger partial charge < -0.3 is 10.8 Å². The molecule has 0 fully saturated rings. The molecule has 0 aliphatic carbocycles. The van der Waals surface area contributed by atoms with E-state index in [2.05, 4.69) is 15.9 Å². The minimum atomic E-state index is -0.516. The van der Waals surface area contributed by atoms with Gasteiger partial charge in [-0.3, -0.25) is 4.79 Å². The molecule has 82 valence electrons. The van der Waals surface area contributed by atoms with Crippen LogP contribution in [0.15, 0.2) is 28.7 Å². The van der Waals surface area contributed by atoms with Gasteiger partial charge in [0.15, 0.2) is 0 Å². The molecule has 0 saturated heterocycles. The van der Waals surface area contributed by atoms with Crippen LogP contribution in [-0.4, -0.2) is 11.0 Å². The maximum Gasteiger partial charge on any atom is 0.217 e. The Bertz CT molecular complexity index is 324. The largest absolute Gasteiger partial charge is 0.388 e. The standard InChI is InChI=1S/C11H14BrNO2/c12-9-6-4-8(5-7-9)10(14)2-1-3-11(13)15/h4-7,10,14H,1-3H2,(H2,13,15). The fourth-order valence-corrected chi connectivity index (χ4v) is 1.59. The highest BCUT2D eigenvalue weighted by atomic mass is 79.9. The number of carbonyl (C=O) groups is 1. The number of aliphatic hydroxyl groups is 1. The molecule has 0 saturated carbocycles. The lowest BCUT2D eigenvalue weighted by Gasteiger charge is -2.10. The van der Waals surface area contributed by atoms with Crippen molar-refractivity contribution in [2.75, 3.05) is 0 Å². The summed E-state index contributed by atoms with van der Waals surface area (Å²) in [5.41, 5.74) is 5.87. The van der Waals surface area contributed by atoms with E-state index in [1.165, 1.54) is 0 Å². The van der Waals surface area contributed by atoms with Crippen LogP contribution in [0.4, 0.5) is 0 Å². The number of carbonyl (C=O) groups excluding carboxylic acids is 1. The van der Waals surface area contributed by atoms with Crippen LogP contribution >= 0.6 is 15.9 Å². The van der Waals surface area contributed by atoms with Crippen molar-refractivity contribution in [1.82, 2.24) is 0 Å². The summed E-state index contributed by atoms with van der Waals surface area (Å²) < 4.78 is 0.982. The summed E-state index contributed by atoms with van der Waals surface area (Å²) in [4.78, 5) is 10.5. The molecule has 15 heavy (non-hydrogen) atoms. The monoisotopic (exact) mass is 271 g/mol. The first-order chi connectivity index (χ1) is 7.09. The van der Waals surface area contributed by atoms with E-state index in [9.17, 15) is 9.90 Å². The van der Waals surface area contributed by atoms with Gasteiger partial charge in [0.05, 0.1) is 6.10 Å². The number of hydrogen-bond donors (Lipinski definition) is 2. The third-order valence-electron chi connectivity index (χ3n) is 2.16. The number of rotatable bonds is 5. The van der Waals surface area contributed by atoms with Crippen LogP contribution < -0.4 is 5.73 Å². The van der Waals surface area contributed by atoms with Crippen LogP contribution in [-0.2, 0) is 4.79 Å². The predicted molar refractivity (Wildman–Crippen MR) is 62.1 cm³/mol. The molecule has 0 aromatic heterocycles. The van der Waals surface area contributed by atoms with Gasteiger partial charge in [-0.1, -0.05) is 28.1 Å². The molecule has 0 aliphatic heterocycles. The fraction of sp³-hybridized carbons (Fsp3) is 0.364. The number of nitrogens with two attached hydrogens (primary N) is 1. The summed E-state index contributed by atoms with van der Waals surface area (Å²) in [7, 11) is 0. The van der Waals surface area contributed by atoms with E-state index in [0.29, 0.717) is 19.3 Å². The van der Waals surface area contributed by atoms with Crippen LogP contribution in [0.2, 0.25) is 0 Å². The van der Waals surface area contributed by atoms with Crippen LogP contribution in [0.3, 0.4) is 0 Å².